The second-order valence-electron chi connectivity index (χ2n) is 7.27. The van der Waals surface area contributed by atoms with E-state index in [0.29, 0.717) is 11.5 Å². The van der Waals surface area contributed by atoms with Gasteiger partial charge in [0.25, 0.3) is 0 Å². The first-order valence-electron chi connectivity index (χ1n) is 7.88. The molecule has 1 fully saturated rings. The van der Waals surface area contributed by atoms with Crippen molar-refractivity contribution in [1.29, 1.82) is 0 Å². The van der Waals surface area contributed by atoms with Crippen molar-refractivity contribution in [3.63, 3.8) is 0 Å². The minimum Gasteiger partial charge on any atom is -0.394 e. The van der Waals surface area contributed by atoms with E-state index in [9.17, 15) is 5.11 Å². The molecule has 0 aromatic carbocycles. The van der Waals surface area contributed by atoms with Gasteiger partial charge in [0.2, 0.25) is 0 Å². The molecule has 2 atom stereocenters. The smallest absolute Gasteiger partial charge is 0.0614 e. The van der Waals surface area contributed by atoms with Crippen LogP contribution in [0.1, 0.15) is 66.2 Å². The van der Waals surface area contributed by atoms with Gasteiger partial charge in [0.15, 0.2) is 0 Å². The van der Waals surface area contributed by atoms with Crippen LogP contribution in [0, 0.1) is 5.41 Å². The van der Waals surface area contributed by atoms with Gasteiger partial charge in [0, 0.05) is 12.1 Å². The molecule has 0 spiro atoms. The van der Waals surface area contributed by atoms with E-state index in [1.165, 1.54) is 0 Å². The lowest BCUT2D eigenvalue weighted by Crippen LogP contribution is -2.53. The van der Waals surface area contributed by atoms with E-state index in [2.05, 4.69) is 33.0 Å². The van der Waals surface area contributed by atoms with Crippen molar-refractivity contribution in [3.05, 3.63) is 0 Å². The Morgan fingerprint density at radius 2 is 2.11 bits per heavy atom. The second kappa shape index (κ2) is 7.61. The molecule has 1 saturated carbocycles. The van der Waals surface area contributed by atoms with Gasteiger partial charge in [-0.25, -0.2) is 0 Å². The zero-order valence-electron chi connectivity index (χ0n) is 13.3. The highest BCUT2D eigenvalue weighted by Crippen LogP contribution is 2.30. The lowest BCUT2D eigenvalue weighted by Gasteiger charge is -2.40. The third-order valence-electron chi connectivity index (χ3n) is 4.06. The lowest BCUT2D eigenvalue weighted by molar-refractivity contribution is -0.0229. The van der Waals surface area contributed by atoms with Crippen LogP contribution in [0.2, 0.25) is 0 Å². The largest absolute Gasteiger partial charge is 0.394 e. The topological polar surface area (TPSA) is 41.5 Å². The summed E-state index contributed by atoms with van der Waals surface area (Å²) in [4.78, 5) is 0. The van der Waals surface area contributed by atoms with Gasteiger partial charge in [-0.05, 0) is 50.5 Å². The lowest BCUT2D eigenvalue weighted by atomic mass is 9.80. The highest BCUT2D eigenvalue weighted by atomic mass is 16.5. The highest BCUT2D eigenvalue weighted by molar-refractivity contribution is 4.93. The van der Waals surface area contributed by atoms with Gasteiger partial charge in [0.1, 0.15) is 0 Å². The molecule has 3 heteroatoms. The summed E-state index contributed by atoms with van der Waals surface area (Å²) in [7, 11) is 0. The molecule has 1 rings (SSSR count). The van der Waals surface area contributed by atoms with Crippen molar-refractivity contribution in [1.82, 2.24) is 5.32 Å². The fourth-order valence-electron chi connectivity index (χ4n) is 2.73. The van der Waals surface area contributed by atoms with Gasteiger partial charge in [-0.2, -0.15) is 0 Å². The predicted octanol–water partition coefficient (Wildman–Crippen LogP) is 3.11. The Kier molecular flexibility index (Phi) is 6.78. The average Bonchev–Trinajstić information content (AvgIpc) is 2.35. The van der Waals surface area contributed by atoms with Gasteiger partial charge < -0.3 is 15.2 Å². The van der Waals surface area contributed by atoms with E-state index in [4.69, 9.17) is 4.74 Å². The summed E-state index contributed by atoms with van der Waals surface area (Å²) in [6.07, 6.45) is 6.83. The van der Waals surface area contributed by atoms with E-state index < -0.39 is 0 Å². The van der Waals surface area contributed by atoms with Crippen molar-refractivity contribution in [3.8, 4) is 0 Å². The molecule has 0 amide bonds. The van der Waals surface area contributed by atoms with Crippen LogP contribution in [-0.4, -0.2) is 36.5 Å². The van der Waals surface area contributed by atoms with E-state index >= 15 is 0 Å². The van der Waals surface area contributed by atoms with Crippen molar-refractivity contribution < 1.29 is 9.84 Å². The number of aliphatic hydroxyl groups excluding tert-OH is 1. The molecule has 0 aromatic rings. The van der Waals surface area contributed by atoms with Gasteiger partial charge in [-0.3, -0.25) is 0 Å². The zero-order valence-corrected chi connectivity index (χ0v) is 13.3. The summed E-state index contributed by atoms with van der Waals surface area (Å²) >= 11 is 0. The molecule has 1 aliphatic carbocycles. The van der Waals surface area contributed by atoms with Crippen LogP contribution in [0.15, 0.2) is 0 Å². The van der Waals surface area contributed by atoms with Crippen LogP contribution in [0.4, 0.5) is 0 Å². The molecule has 0 heterocycles. The van der Waals surface area contributed by atoms with E-state index in [1.807, 2.05) is 0 Å². The van der Waals surface area contributed by atoms with Gasteiger partial charge in [-0.15, -0.1) is 0 Å². The quantitative estimate of drug-likeness (QED) is 0.747. The maximum absolute atomic E-state index is 9.72. The molecular weight excluding hydrogens is 238 g/mol. The van der Waals surface area contributed by atoms with Gasteiger partial charge in [-0.1, -0.05) is 27.7 Å². The standard InChI is InChI=1S/C16H33NO2/c1-5-10-17-16(13-18)8-6-7-14(12-16)19-11-9-15(2,3)4/h14,17-18H,5-13H2,1-4H3. The van der Waals surface area contributed by atoms with Crippen molar-refractivity contribution in [2.75, 3.05) is 19.8 Å². The summed E-state index contributed by atoms with van der Waals surface area (Å²) in [6.45, 7) is 11.0. The van der Waals surface area contributed by atoms with Crippen LogP contribution in [0.5, 0.6) is 0 Å². The second-order valence-corrected chi connectivity index (χ2v) is 7.27. The van der Waals surface area contributed by atoms with Crippen LogP contribution < -0.4 is 5.32 Å². The number of hydrogen-bond acceptors (Lipinski definition) is 3. The van der Waals surface area contributed by atoms with Crippen LogP contribution in [0.3, 0.4) is 0 Å². The molecule has 0 bridgehead atoms. The number of aliphatic hydroxyl groups is 1. The van der Waals surface area contributed by atoms with Gasteiger partial charge >= 0.3 is 0 Å². The molecule has 114 valence electrons. The SMILES string of the molecule is CCCNC1(CO)CCCC(OCCC(C)(C)C)C1. The minimum absolute atomic E-state index is 0.0966. The number of ether oxygens (including phenoxy) is 1. The molecule has 19 heavy (non-hydrogen) atoms. The summed E-state index contributed by atoms with van der Waals surface area (Å²) in [5.41, 5.74) is 0.240. The van der Waals surface area contributed by atoms with Gasteiger partial charge in [0.05, 0.1) is 12.7 Å². The Morgan fingerprint density at radius 3 is 2.68 bits per heavy atom. The van der Waals surface area contributed by atoms with Crippen molar-refractivity contribution in [2.45, 2.75) is 77.9 Å². The number of hydrogen-bond donors (Lipinski definition) is 2. The molecule has 2 N–H and O–H groups in total. The first kappa shape index (κ1) is 16.9. The van der Waals surface area contributed by atoms with Crippen molar-refractivity contribution >= 4 is 0 Å². The summed E-state index contributed by atoms with van der Waals surface area (Å²) in [6, 6.07) is 0. The van der Waals surface area contributed by atoms with Crippen LogP contribution in [-0.2, 0) is 4.74 Å². The molecule has 0 radical (unpaired) electrons. The first-order chi connectivity index (χ1) is 8.91. The third kappa shape index (κ3) is 6.24. The van der Waals surface area contributed by atoms with E-state index in [-0.39, 0.29) is 12.1 Å². The normalized spacial score (nSPS) is 28.6. The average molecular weight is 271 g/mol. The fourth-order valence-corrected chi connectivity index (χ4v) is 2.73. The van der Waals surface area contributed by atoms with E-state index in [0.717, 1.165) is 51.7 Å². The predicted molar refractivity (Wildman–Crippen MR) is 80.4 cm³/mol. The molecule has 0 saturated heterocycles. The number of rotatable bonds is 7. The monoisotopic (exact) mass is 271 g/mol. The minimum atomic E-state index is -0.0966. The number of nitrogens with one attached hydrogen (secondary N) is 1. The Bertz CT molecular complexity index is 250. The van der Waals surface area contributed by atoms with Crippen LogP contribution >= 0.6 is 0 Å². The van der Waals surface area contributed by atoms with E-state index in [1.54, 1.807) is 0 Å². The Balaban J connectivity index is 2.39. The fraction of sp³-hybridized carbons (Fsp3) is 1.00. The molecular formula is C16H33NO2. The maximum Gasteiger partial charge on any atom is 0.0614 e. The Morgan fingerprint density at radius 1 is 1.37 bits per heavy atom. The summed E-state index contributed by atoms with van der Waals surface area (Å²) in [5, 5.41) is 13.3. The molecule has 3 nitrogen and oxygen atoms in total. The molecule has 0 aliphatic heterocycles. The van der Waals surface area contributed by atoms with Crippen LogP contribution in [0.25, 0.3) is 0 Å². The molecule has 0 aromatic heterocycles. The first-order valence-corrected chi connectivity index (χ1v) is 7.88. The summed E-state index contributed by atoms with van der Waals surface area (Å²) in [5.74, 6) is 0. The van der Waals surface area contributed by atoms with Crippen molar-refractivity contribution in [2.24, 2.45) is 5.41 Å². The highest BCUT2D eigenvalue weighted by Gasteiger charge is 2.35. The maximum atomic E-state index is 9.72. The Labute approximate surface area is 119 Å². The zero-order chi connectivity index (χ0) is 14.4. The summed E-state index contributed by atoms with van der Waals surface area (Å²) < 4.78 is 6.04. The Hall–Kier alpha value is -0.120. The molecule has 2 unspecified atom stereocenters. The molecule has 1 aliphatic rings. The third-order valence-corrected chi connectivity index (χ3v) is 4.06.